The van der Waals surface area contributed by atoms with E-state index in [2.05, 4.69) is 13.8 Å². The van der Waals surface area contributed by atoms with Crippen molar-refractivity contribution in [1.82, 2.24) is 0 Å². The molecular weight excluding hydrogens is 204 g/mol. The number of hydrogen-bond donors (Lipinski definition) is 3. The first-order valence-electron chi connectivity index (χ1n) is 6.62. The van der Waals surface area contributed by atoms with Gasteiger partial charge in [-0.1, -0.05) is 52.4 Å². The van der Waals surface area contributed by atoms with E-state index in [9.17, 15) is 10.2 Å². The van der Waals surface area contributed by atoms with Crippen molar-refractivity contribution in [2.24, 2.45) is 5.92 Å². The minimum Gasteiger partial charge on any atom is -0.394 e. The van der Waals surface area contributed by atoms with Crippen molar-refractivity contribution < 1.29 is 15.3 Å². The molecule has 3 unspecified atom stereocenters. The first-order valence-corrected chi connectivity index (χ1v) is 6.62. The van der Waals surface area contributed by atoms with Gasteiger partial charge in [-0.05, 0) is 12.3 Å². The van der Waals surface area contributed by atoms with Gasteiger partial charge in [0.15, 0.2) is 0 Å². The third-order valence-corrected chi connectivity index (χ3v) is 3.25. The monoisotopic (exact) mass is 232 g/mol. The van der Waals surface area contributed by atoms with Crippen molar-refractivity contribution in [2.75, 3.05) is 6.61 Å². The average Bonchev–Trinajstić information content (AvgIpc) is 2.31. The van der Waals surface area contributed by atoms with Gasteiger partial charge in [0.25, 0.3) is 0 Å². The van der Waals surface area contributed by atoms with Crippen molar-refractivity contribution in [1.29, 1.82) is 0 Å². The van der Waals surface area contributed by atoms with E-state index in [0.29, 0.717) is 12.3 Å². The summed E-state index contributed by atoms with van der Waals surface area (Å²) in [7, 11) is 0. The van der Waals surface area contributed by atoms with Crippen LogP contribution in [-0.4, -0.2) is 34.1 Å². The molecule has 98 valence electrons. The normalized spacial score (nSPS) is 17.1. The SMILES string of the molecule is CCCCCCC(CC)CC(O)C(O)CO. The van der Waals surface area contributed by atoms with Crippen molar-refractivity contribution >= 4 is 0 Å². The summed E-state index contributed by atoms with van der Waals surface area (Å²) in [5.41, 5.74) is 0. The Hall–Kier alpha value is -0.120. The molecule has 3 heteroatoms. The zero-order valence-electron chi connectivity index (χ0n) is 10.7. The van der Waals surface area contributed by atoms with Crippen molar-refractivity contribution in [3.05, 3.63) is 0 Å². The quantitative estimate of drug-likeness (QED) is 0.505. The summed E-state index contributed by atoms with van der Waals surface area (Å²) >= 11 is 0. The maximum Gasteiger partial charge on any atom is 0.103 e. The molecule has 0 aliphatic carbocycles. The number of unbranched alkanes of at least 4 members (excludes halogenated alkanes) is 3. The molecule has 0 aromatic carbocycles. The van der Waals surface area contributed by atoms with Crippen LogP contribution in [0.15, 0.2) is 0 Å². The lowest BCUT2D eigenvalue weighted by Crippen LogP contribution is -2.31. The molecule has 0 aliphatic rings. The molecule has 3 N–H and O–H groups in total. The van der Waals surface area contributed by atoms with E-state index in [1.807, 2.05) is 0 Å². The van der Waals surface area contributed by atoms with Gasteiger partial charge < -0.3 is 15.3 Å². The molecule has 3 atom stereocenters. The molecule has 0 radical (unpaired) electrons. The second kappa shape index (κ2) is 10.1. The van der Waals surface area contributed by atoms with E-state index in [1.54, 1.807) is 0 Å². The predicted octanol–water partition coefficient (Wildman–Crippen LogP) is 2.09. The Kier molecular flexibility index (Phi) is 9.99. The molecule has 0 heterocycles. The highest BCUT2D eigenvalue weighted by Gasteiger charge is 2.19. The van der Waals surface area contributed by atoms with E-state index in [0.717, 1.165) is 12.8 Å². The van der Waals surface area contributed by atoms with Crippen molar-refractivity contribution in [2.45, 2.75) is 71.0 Å². The van der Waals surface area contributed by atoms with Gasteiger partial charge in [0.1, 0.15) is 6.10 Å². The molecule has 0 amide bonds. The Morgan fingerprint density at radius 3 is 2.12 bits per heavy atom. The summed E-state index contributed by atoms with van der Waals surface area (Å²) < 4.78 is 0. The van der Waals surface area contributed by atoms with Gasteiger partial charge in [0, 0.05) is 0 Å². The lowest BCUT2D eigenvalue weighted by molar-refractivity contribution is -0.0256. The Morgan fingerprint density at radius 1 is 0.938 bits per heavy atom. The van der Waals surface area contributed by atoms with Crippen LogP contribution in [0, 0.1) is 5.92 Å². The fourth-order valence-corrected chi connectivity index (χ4v) is 1.97. The Labute approximate surface area is 99.5 Å². The van der Waals surface area contributed by atoms with Crippen LogP contribution in [0.25, 0.3) is 0 Å². The highest BCUT2D eigenvalue weighted by atomic mass is 16.4. The third-order valence-electron chi connectivity index (χ3n) is 3.25. The Bertz CT molecular complexity index is 150. The predicted molar refractivity (Wildman–Crippen MR) is 66.3 cm³/mol. The summed E-state index contributed by atoms with van der Waals surface area (Å²) in [5, 5.41) is 27.6. The van der Waals surface area contributed by atoms with Crippen LogP contribution in [0.3, 0.4) is 0 Å². The largest absolute Gasteiger partial charge is 0.394 e. The molecule has 0 aromatic heterocycles. The Morgan fingerprint density at radius 2 is 1.62 bits per heavy atom. The van der Waals surface area contributed by atoms with Gasteiger partial charge in [-0.25, -0.2) is 0 Å². The summed E-state index contributed by atoms with van der Waals surface area (Å²) in [6.07, 6.45) is 5.96. The first-order chi connectivity index (χ1) is 7.65. The summed E-state index contributed by atoms with van der Waals surface area (Å²) in [4.78, 5) is 0. The van der Waals surface area contributed by atoms with E-state index >= 15 is 0 Å². The van der Waals surface area contributed by atoms with Gasteiger partial charge in [-0.3, -0.25) is 0 Å². The van der Waals surface area contributed by atoms with Crippen LogP contribution in [0.2, 0.25) is 0 Å². The van der Waals surface area contributed by atoms with Gasteiger partial charge >= 0.3 is 0 Å². The Balaban J connectivity index is 3.73. The lowest BCUT2D eigenvalue weighted by Gasteiger charge is -2.21. The molecule has 0 saturated carbocycles. The summed E-state index contributed by atoms with van der Waals surface area (Å²) in [5.74, 6) is 0.466. The molecule has 16 heavy (non-hydrogen) atoms. The van der Waals surface area contributed by atoms with E-state index in [-0.39, 0.29) is 6.61 Å². The number of hydrogen-bond acceptors (Lipinski definition) is 3. The smallest absolute Gasteiger partial charge is 0.103 e. The van der Waals surface area contributed by atoms with Gasteiger partial charge in [-0.2, -0.15) is 0 Å². The first kappa shape index (κ1) is 15.9. The number of aliphatic hydroxyl groups excluding tert-OH is 3. The lowest BCUT2D eigenvalue weighted by atomic mass is 9.91. The van der Waals surface area contributed by atoms with Gasteiger partial charge in [-0.15, -0.1) is 0 Å². The fourth-order valence-electron chi connectivity index (χ4n) is 1.97. The molecule has 0 rings (SSSR count). The van der Waals surface area contributed by atoms with Crippen LogP contribution in [0.5, 0.6) is 0 Å². The molecule has 3 nitrogen and oxygen atoms in total. The van der Waals surface area contributed by atoms with E-state index in [1.165, 1.54) is 25.7 Å². The van der Waals surface area contributed by atoms with Crippen LogP contribution >= 0.6 is 0 Å². The second-order valence-electron chi connectivity index (χ2n) is 4.68. The highest BCUT2D eigenvalue weighted by Crippen LogP contribution is 2.20. The zero-order chi connectivity index (χ0) is 12.4. The maximum atomic E-state index is 9.61. The molecule has 0 aliphatic heterocycles. The number of rotatable bonds is 10. The van der Waals surface area contributed by atoms with Crippen LogP contribution in [0.1, 0.15) is 58.8 Å². The molecule has 0 saturated heterocycles. The number of aliphatic hydroxyl groups is 3. The van der Waals surface area contributed by atoms with Crippen LogP contribution in [0.4, 0.5) is 0 Å². The topological polar surface area (TPSA) is 60.7 Å². The average molecular weight is 232 g/mol. The van der Waals surface area contributed by atoms with Crippen LogP contribution in [-0.2, 0) is 0 Å². The minimum absolute atomic E-state index is 0.354. The summed E-state index contributed by atoms with van der Waals surface area (Å²) in [6.45, 7) is 3.95. The molecular formula is C13H28O3. The molecule has 0 bridgehead atoms. The van der Waals surface area contributed by atoms with Crippen molar-refractivity contribution in [3.8, 4) is 0 Å². The second-order valence-corrected chi connectivity index (χ2v) is 4.68. The highest BCUT2D eigenvalue weighted by molar-refractivity contribution is 4.70. The van der Waals surface area contributed by atoms with E-state index < -0.39 is 12.2 Å². The molecule has 0 spiro atoms. The minimum atomic E-state index is -0.982. The molecule has 0 aromatic rings. The third kappa shape index (κ3) is 7.20. The van der Waals surface area contributed by atoms with Gasteiger partial charge in [0.2, 0.25) is 0 Å². The van der Waals surface area contributed by atoms with E-state index in [4.69, 9.17) is 5.11 Å². The van der Waals surface area contributed by atoms with Gasteiger partial charge in [0.05, 0.1) is 12.7 Å². The maximum absolute atomic E-state index is 9.61. The van der Waals surface area contributed by atoms with Crippen LogP contribution < -0.4 is 0 Å². The fraction of sp³-hybridized carbons (Fsp3) is 1.00. The summed E-state index contributed by atoms with van der Waals surface area (Å²) in [6, 6.07) is 0. The standard InChI is InChI=1S/C13H28O3/c1-3-5-6-7-8-11(4-2)9-12(15)13(16)10-14/h11-16H,3-10H2,1-2H3. The zero-order valence-corrected chi connectivity index (χ0v) is 10.7. The molecule has 0 fully saturated rings. The van der Waals surface area contributed by atoms with Crippen molar-refractivity contribution in [3.63, 3.8) is 0 Å².